The number of hydrogen-bond acceptors (Lipinski definition) is 1. The van der Waals surface area contributed by atoms with E-state index in [0.717, 1.165) is 12.1 Å². The smallest absolute Gasteiger partial charge is 0.351 e. The van der Waals surface area contributed by atoms with E-state index in [1.807, 2.05) is 0 Å². The molecule has 0 saturated heterocycles. The van der Waals surface area contributed by atoms with Crippen LogP contribution in [-0.2, 0) is 6.18 Å². The molecule has 1 nitrogen and oxygen atoms in total. The minimum absolute atomic E-state index is 0.191. The Morgan fingerprint density at radius 1 is 0.630 bits per heavy atom. The second-order valence-corrected chi connectivity index (χ2v) is 5.57. The first-order valence-electron chi connectivity index (χ1n) is 7.55. The lowest BCUT2D eigenvalue weighted by Crippen LogP contribution is -2.07. The fourth-order valence-corrected chi connectivity index (χ4v) is 2.49. The highest BCUT2D eigenvalue weighted by Gasteiger charge is 2.31. The van der Waals surface area contributed by atoms with Gasteiger partial charge in [0.25, 0.3) is 0 Å². The van der Waals surface area contributed by atoms with Gasteiger partial charge in [-0.05, 0) is 29.8 Å². The minimum Gasteiger partial charge on any atom is -0.351 e. The Morgan fingerprint density at radius 2 is 1.15 bits per heavy atom. The van der Waals surface area contributed by atoms with Crippen LogP contribution in [-0.4, -0.2) is 0 Å². The van der Waals surface area contributed by atoms with Crippen molar-refractivity contribution in [1.82, 2.24) is 0 Å². The van der Waals surface area contributed by atoms with Crippen molar-refractivity contribution in [2.45, 2.75) is 6.18 Å². The molecule has 0 unspecified atom stereocenters. The molecule has 0 saturated carbocycles. The summed E-state index contributed by atoms with van der Waals surface area (Å²) in [7, 11) is 0. The first-order chi connectivity index (χ1) is 12.7. The van der Waals surface area contributed by atoms with Crippen LogP contribution < -0.4 is 5.32 Å². The largest absolute Gasteiger partial charge is 0.416 e. The van der Waals surface area contributed by atoms with Crippen molar-refractivity contribution in [3.8, 4) is 11.1 Å². The zero-order valence-corrected chi connectivity index (χ0v) is 13.3. The molecule has 0 fully saturated rings. The number of para-hydroxylation sites is 1. The first kappa shape index (κ1) is 18.8. The van der Waals surface area contributed by atoms with Crippen molar-refractivity contribution in [3.63, 3.8) is 0 Å². The average molecular weight is 385 g/mol. The normalized spacial score (nSPS) is 11.5. The summed E-state index contributed by atoms with van der Waals surface area (Å²) in [6.07, 6.45) is -4.66. The van der Waals surface area contributed by atoms with Gasteiger partial charge in [0, 0.05) is 5.69 Å². The van der Waals surface area contributed by atoms with E-state index >= 15 is 0 Å². The van der Waals surface area contributed by atoms with E-state index in [-0.39, 0.29) is 5.69 Å². The third-order valence-corrected chi connectivity index (χ3v) is 3.81. The van der Waals surface area contributed by atoms with Crippen LogP contribution in [0.3, 0.4) is 0 Å². The van der Waals surface area contributed by atoms with Gasteiger partial charge in [-0.15, -0.1) is 0 Å². The van der Waals surface area contributed by atoms with E-state index in [9.17, 15) is 30.7 Å². The molecule has 1 N–H and O–H groups in total. The van der Waals surface area contributed by atoms with Gasteiger partial charge >= 0.3 is 6.18 Å². The summed E-state index contributed by atoms with van der Waals surface area (Å²) in [6.45, 7) is 0. The van der Waals surface area contributed by atoms with E-state index in [1.54, 1.807) is 18.2 Å². The van der Waals surface area contributed by atoms with Crippen molar-refractivity contribution in [1.29, 1.82) is 0 Å². The molecule has 3 aromatic carbocycles. The molecule has 0 amide bonds. The van der Waals surface area contributed by atoms with Gasteiger partial charge in [-0.2, -0.15) is 13.2 Å². The average Bonchev–Trinajstić information content (AvgIpc) is 2.64. The number of rotatable bonds is 3. The molecule has 0 heterocycles. The summed E-state index contributed by atoms with van der Waals surface area (Å²) < 4.78 is 95.2. The van der Waals surface area contributed by atoms with E-state index < -0.39 is 51.8 Å². The van der Waals surface area contributed by atoms with E-state index in [0.29, 0.717) is 12.1 Å². The van der Waals surface area contributed by atoms with Crippen LogP contribution in [0.5, 0.6) is 0 Å². The lowest BCUT2D eigenvalue weighted by atomic mass is 10.0. The predicted molar refractivity (Wildman–Crippen MR) is 86.4 cm³/mol. The number of benzene rings is 3. The summed E-state index contributed by atoms with van der Waals surface area (Å²) >= 11 is 0. The van der Waals surface area contributed by atoms with Gasteiger partial charge in [0.05, 0.1) is 11.1 Å². The van der Waals surface area contributed by atoms with Crippen molar-refractivity contribution in [2.24, 2.45) is 0 Å². The summed E-state index contributed by atoms with van der Waals surface area (Å²) in [6, 6.07) is 10.2. The second kappa shape index (κ2) is 6.94. The molecule has 0 aliphatic carbocycles. The number of hydrogen-bond donors (Lipinski definition) is 1. The fourth-order valence-electron chi connectivity index (χ4n) is 2.49. The molecular formula is C19H10F7N. The zero-order chi connectivity index (χ0) is 19.8. The standard InChI is InChI=1S/C19H10F7N/c20-14-13(10-6-8-11(9-7-10)19(24,25)26)15(21)17(23)18(16(14)22)27-12-4-2-1-3-5-12/h1-9,27H. The van der Waals surface area contributed by atoms with Crippen molar-refractivity contribution in [2.75, 3.05) is 5.32 Å². The molecule has 0 radical (unpaired) electrons. The van der Waals surface area contributed by atoms with Gasteiger partial charge < -0.3 is 5.32 Å². The van der Waals surface area contributed by atoms with Crippen molar-refractivity contribution in [3.05, 3.63) is 83.4 Å². The number of nitrogens with one attached hydrogen (secondary N) is 1. The maximum absolute atomic E-state index is 14.4. The van der Waals surface area contributed by atoms with E-state index in [2.05, 4.69) is 5.32 Å². The van der Waals surface area contributed by atoms with E-state index in [1.165, 1.54) is 12.1 Å². The van der Waals surface area contributed by atoms with Crippen LogP contribution in [0.25, 0.3) is 11.1 Å². The monoisotopic (exact) mass is 385 g/mol. The maximum Gasteiger partial charge on any atom is 0.416 e. The molecule has 3 aromatic rings. The zero-order valence-electron chi connectivity index (χ0n) is 13.3. The molecule has 0 aliphatic rings. The first-order valence-corrected chi connectivity index (χ1v) is 7.55. The highest BCUT2D eigenvalue weighted by molar-refractivity contribution is 5.71. The quantitative estimate of drug-likeness (QED) is 0.392. The van der Waals surface area contributed by atoms with Crippen LogP contribution in [0.2, 0.25) is 0 Å². The topological polar surface area (TPSA) is 12.0 Å². The Balaban J connectivity index is 2.08. The molecule has 0 aromatic heterocycles. The molecule has 0 bridgehead atoms. The van der Waals surface area contributed by atoms with Gasteiger partial charge in [0.15, 0.2) is 23.3 Å². The summed E-state index contributed by atoms with van der Waals surface area (Å²) in [5.41, 5.74) is -3.42. The van der Waals surface area contributed by atoms with E-state index in [4.69, 9.17) is 0 Å². The van der Waals surface area contributed by atoms with Gasteiger partial charge in [0.1, 0.15) is 5.69 Å². The third kappa shape index (κ3) is 3.60. The number of alkyl halides is 3. The Morgan fingerprint density at radius 3 is 1.63 bits per heavy atom. The number of halogens is 7. The second-order valence-electron chi connectivity index (χ2n) is 5.57. The Bertz CT molecular complexity index is 935. The van der Waals surface area contributed by atoms with Crippen LogP contribution in [0.1, 0.15) is 5.56 Å². The molecule has 27 heavy (non-hydrogen) atoms. The van der Waals surface area contributed by atoms with Crippen molar-refractivity contribution >= 4 is 11.4 Å². The minimum atomic E-state index is -4.66. The molecular weight excluding hydrogens is 375 g/mol. The molecule has 8 heteroatoms. The lowest BCUT2D eigenvalue weighted by Gasteiger charge is -2.14. The summed E-state index contributed by atoms with van der Waals surface area (Å²) in [5.74, 6) is -6.81. The van der Waals surface area contributed by atoms with Crippen molar-refractivity contribution < 1.29 is 30.7 Å². The van der Waals surface area contributed by atoms with Crippen LogP contribution >= 0.6 is 0 Å². The fraction of sp³-hybridized carbons (Fsp3) is 0.0526. The highest BCUT2D eigenvalue weighted by Crippen LogP contribution is 2.37. The maximum atomic E-state index is 14.4. The Kier molecular flexibility index (Phi) is 4.82. The Hall–Kier alpha value is -3.03. The van der Waals surface area contributed by atoms with Gasteiger partial charge in [-0.25, -0.2) is 17.6 Å². The van der Waals surface area contributed by atoms with Gasteiger partial charge in [-0.1, -0.05) is 30.3 Å². The molecule has 140 valence electrons. The third-order valence-electron chi connectivity index (χ3n) is 3.81. The molecule has 0 atom stereocenters. The molecule has 0 aliphatic heterocycles. The molecule has 0 spiro atoms. The van der Waals surface area contributed by atoms with Gasteiger partial charge in [0.2, 0.25) is 0 Å². The number of anilines is 2. The lowest BCUT2D eigenvalue weighted by molar-refractivity contribution is -0.137. The Labute approximate surface area is 149 Å². The SMILES string of the molecule is Fc1c(F)c(-c2ccc(C(F)(F)F)cc2)c(F)c(F)c1Nc1ccccc1. The van der Waals surface area contributed by atoms with Crippen LogP contribution in [0, 0.1) is 23.3 Å². The summed E-state index contributed by atoms with van der Waals surface area (Å²) in [4.78, 5) is 0. The predicted octanol–water partition coefficient (Wildman–Crippen LogP) is 6.67. The highest BCUT2D eigenvalue weighted by atomic mass is 19.4. The molecule has 3 rings (SSSR count). The summed E-state index contributed by atoms with van der Waals surface area (Å²) in [5, 5.41) is 2.25. The van der Waals surface area contributed by atoms with Crippen LogP contribution in [0.4, 0.5) is 42.1 Å². The van der Waals surface area contributed by atoms with Gasteiger partial charge in [-0.3, -0.25) is 0 Å². The van der Waals surface area contributed by atoms with Crippen LogP contribution in [0.15, 0.2) is 54.6 Å².